The number of hydrogen-bond donors (Lipinski definition) is 0. The minimum absolute atomic E-state index is 0.00501. The Labute approximate surface area is 136 Å². The van der Waals surface area contributed by atoms with Gasteiger partial charge >= 0.3 is 0 Å². The number of fused-ring (bicyclic) bond motifs is 1. The van der Waals surface area contributed by atoms with Crippen molar-refractivity contribution in [3.8, 4) is 0 Å². The Kier molecular flexibility index (Phi) is 4.09. The number of benzene rings is 1. The zero-order valence-corrected chi connectivity index (χ0v) is 13.7. The Morgan fingerprint density at radius 1 is 1.23 bits per heavy atom. The summed E-state index contributed by atoms with van der Waals surface area (Å²) in [5.74, 6) is 0. The van der Waals surface area contributed by atoms with Gasteiger partial charge in [0.15, 0.2) is 4.80 Å². The van der Waals surface area contributed by atoms with E-state index in [9.17, 15) is 4.79 Å². The molecule has 22 heavy (non-hydrogen) atoms. The summed E-state index contributed by atoms with van der Waals surface area (Å²) >= 11 is 7.56. The first kappa shape index (κ1) is 14.9. The molecule has 0 saturated heterocycles. The topological polar surface area (TPSA) is 47.2 Å². The van der Waals surface area contributed by atoms with Gasteiger partial charge in [-0.2, -0.15) is 0 Å². The molecule has 0 aliphatic carbocycles. The summed E-state index contributed by atoms with van der Waals surface area (Å²) in [4.78, 5) is 22.8. The van der Waals surface area contributed by atoms with Crippen molar-refractivity contribution in [3.63, 3.8) is 0 Å². The first-order chi connectivity index (χ1) is 10.6. The summed E-state index contributed by atoms with van der Waals surface area (Å²) in [6.07, 6.45) is 1.68. The lowest BCUT2D eigenvalue weighted by Crippen LogP contribution is -2.33. The molecule has 0 spiro atoms. The van der Waals surface area contributed by atoms with Gasteiger partial charge < -0.3 is 0 Å². The van der Waals surface area contributed by atoms with Gasteiger partial charge in [0, 0.05) is 12.2 Å². The summed E-state index contributed by atoms with van der Waals surface area (Å²) in [5.41, 5.74) is 0.562. The SMILES string of the molecule is CC(C)n1c(=Nc2ccccc2Cl)sc2ncccc2c1=O. The molecule has 0 N–H and O–H groups in total. The Morgan fingerprint density at radius 3 is 2.73 bits per heavy atom. The highest BCUT2D eigenvalue weighted by Crippen LogP contribution is 2.23. The smallest absolute Gasteiger partial charge is 0.263 e. The second-order valence-electron chi connectivity index (χ2n) is 5.07. The first-order valence-electron chi connectivity index (χ1n) is 6.87. The zero-order chi connectivity index (χ0) is 15.7. The third-order valence-corrected chi connectivity index (χ3v) is 4.51. The van der Waals surface area contributed by atoms with Crippen molar-refractivity contribution in [2.24, 2.45) is 4.99 Å². The average molecular weight is 332 g/mol. The molecular weight excluding hydrogens is 318 g/mol. The molecule has 0 aliphatic heterocycles. The van der Waals surface area contributed by atoms with Crippen molar-refractivity contribution in [2.45, 2.75) is 19.9 Å². The lowest BCUT2D eigenvalue weighted by Gasteiger charge is -2.11. The molecule has 0 saturated carbocycles. The van der Waals surface area contributed by atoms with E-state index in [-0.39, 0.29) is 11.6 Å². The van der Waals surface area contributed by atoms with Crippen LogP contribution in [0.25, 0.3) is 10.2 Å². The highest BCUT2D eigenvalue weighted by molar-refractivity contribution is 7.15. The molecule has 112 valence electrons. The molecule has 3 aromatic rings. The number of rotatable bonds is 2. The van der Waals surface area contributed by atoms with Crippen molar-refractivity contribution < 1.29 is 0 Å². The highest BCUT2D eigenvalue weighted by Gasteiger charge is 2.10. The quantitative estimate of drug-likeness (QED) is 0.714. The molecule has 0 aliphatic rings. The van der Waals surface area contributed by atoms with Crippen LogP contribution in [0.4, 0.5) is 5.69 Å². The van der Waals surface area contributed by atoms with Gasteiger partial charge in [-0.05, 0) is 38.1 Å². The number of hydrogen-bond acceptors (Lipinski definition) is 4. The summed E-state index contributed by atoms with van der Waals surface area (Å²) < 4.78 is 1.68. The van der Waals surface area contributed by atoms with Crippen molar-refractivity contribution in [1.82, 2.24) is 9.55 Å². The van der Waals surface area contributed by atoms with E-state index in [0.29, 0.717) is 25.7 Å². The van der Waals surface area contributed by atoms with Gasteiger partial charge in [-0.25, -0.2) is 9.98 Å². The molecule has 2 aromatic heterocycles. The molecule has 1 aromatic carbocycles. The molecule has 0 radical (unpaired) electrons. The minimum atomic E-state index is -0.0809. The number of para-hydroxylation sites is 1. The third kappa shape index (κ3) is 2.69. The van der Waals surface area contributed by atoms with Gasteiger partial charge in [-0.3, -0.25) is 9.36 Å². The monoisotopic (exact) mass is 331 g/mol. The van der Waals surface area contributed by atoms with Crippen molar-refractivity contribution in [2.75, 3.05) is 0 Å². The molecule has 0 fully saturated rings. The first-order valence-corrected chi connectivity index (χ1v) is 8.07. The maximum Gasteiger partial charge on any atom is 0.263 e. The van der Waals surface area contributed by atoms with E-state index in [0.717, 1.165) is 0 Å². The fraction of sp³-hybridized carbons (Fsp3) is 0.188. The van der Waals surface area contributed by atoms with Gasteiger partial charge in [0.1, 0.15) is 4.83 Å². The maximum atomic E-state index is 12.7. The van der Waals surface area contributed by atoms with Crippen LogP contribution in [0.1, 0.15) is 19.9 Å². The molecule has 2 heterocycles. The normalized spacial score (nSPS) is 12.3. The van der Waals surface area contributed by atoms with Gasteiger partial charge in [0.25, 0.3) is 5.56 Å². The second kappa shape index (κ2) is 6.02. The predicted octanol–water partition coefficient (Wildman–Crippen LogP) is 3.92. The molecule has 0 atom stereocenters. The van der Waals surface area contributed by atoms with Crippen LogP contribution in [0, 0.1) is 0 Å². The molecule has 6 heteroatoms. The molecule has 0 bridgehead atoms. The van der Waals surface area contributed by atoms with Crippen molar-refractivity contribution in [1.29, 1.82) is 0 Å². The summed E-state index contributed by atoms with van der Waals surface area (Å²) in [7, 11) is 0. The van der Waals surface area contributed by atoms with Gasteiger partial charge in [-0.1, -0.05) is 35.1 Å². The van der Waals surface area contributed by atoms with E-state index in [1.165, 1.54) is 11.3 Å². The predicted molar refractivity (Wildman–Crippen MR) is 90.9 cm³/mol. The van der Waals surface area contributed by atoms with E-state index in [1.807, 2.05) is 32.0 Å². The summed E-state index contributed by atoms with van der Waals surface area (Å²) in [6, 6.07) is 10.9. The van der Waals surface area contributed by atoms with E-state index < -0.39 is 0 Å². The molecule has 3 rings (SSSR count). The second-order valence-corrected chi connectivity index (χ2v) is 6.44. The van der Waals surface area contributed by atoms with E-state index in [1.54, 1.807) is 29.0 Å². The van der Waals surface area contributed by atoms with E-state index in [2.05, 4.69) is 9.98 Å². The van der Waals surface area contributed by atoms with Crippen molar-refractivity contribution in [3.05, 3.63) is 62.8 Å². The average Bonchev–Trinajstić information content (AvgIpc) is 2.49. The fourth-order valence-corrected chi connectivity index (χ4v) is 3.43. The molecule has 0 unspecified atom stereocenters. The molecule has 0 amide bonds. The summed E-state index contributed by atoms with van der Waals surface area (Å²) in [5, 5.41) is 1.16. The number of halogens is 1. The molecular formula is C16H14ClN3OS. The van der Waals surface area contributed by atoms with Crippen LogP contribution in [-0.4, -0.2) is 9.55 Å². The largest absolute Gasteiger partial charge is 0.281 e. The third-order valence-electron chi connectivity index (χ3n) is 3.20. The standard InChI is InChI=1S/C16H14ClN3OS/c1-10(2)20-15(21)11-6-5-9-18-14(11)22-16(20)19-13-8-4-3-7-12(13)17/h3-10H,1-2H3. The van der Waals surface area contributed by atoms with Gasteiger partial charge in [-0.15, -0.1) is 0 Å². The highest BCUT2D eigenvalue weighted by atomic mass is 35.5. The van der Waals surface area contributed by atoms with Crippen LogP contribution in [0.5, 0.6) is 0 Å². The zero-order valence-electron chi connectivity index (χ0n) is 12.2. The number of aromatic nitrogens is 2. The lowest BCUT2D eigenvalue weighted by molar-refractivity contribution is 0.566. The van der Waals surface area contributed by atoms with Crippen LogP contribution in [0.3, 0.4) is 0 Å². The Bertz CT molecular complexity index is 959. The fourth-order valence-electron chi connectivity index (χ4n) is 2.16. The Morgan fingerprint density at radius 2 is 2.00 bits per heavy atom. The van der Waals surface area contributed by atoms with Crippen LogP contribution in [0.15, 0.2) is 52.4 Å². The van der Waals surface area contributed by atoms with Crippen molar-refractivity contribution >= 4 is 38.8 Å². The lowest BCUT2D eigenvalue weighted by atomic mass is 10.3. The van der Waals surface area contributed by atoms with Crippen LogP contribution < -0.4 is 10.4 Å². The maximum absolute atomic E-state index is 12.7. The van der Waals surface area contributed by atoms with E-state index >= 15 is 0 Å². The Balaban J connectivity index is 2.41. The molecule has 4 nitrogen and oxygen atoms in total. The number of pyridine rings is 1. The van der Waals surface area contributed by atoms with Gasteiger partial charge in [0.05, 0.1) is 16.1 Å². The van der Waals surface area contributed by atoms with Crippen LogP contribution in [-0.2, 0) is 0 Å². The number of nitrogens with zero attached hydrogens (tertiary/aromatic N) is 3. The van der Waals surface area contributed by atoms with Crippen LogP contribution in [0.2, 0.25) is 5.02 Å². The Hall–Kier alpha value is -1.98. The minimum Gasteiger partial charge on any atom is -0.281 e. The summed E-state index contributed by atoms with van der Waals surface area (Å²) in [6.45, 7) is 3.92. The van der Waals surface area contributed by atoms with Crippen LogP contribution >= 0.6 is 22.9 Å². The van der Waals surface area contributed by atoms with E-state index in [4.69, 9.17) is 11.6 Å². The van der Waals surface area contributed by atoms with Gasteiger partial charge in [0.2, 0.25) is 0 Å².